The van der Waals surface area contributed by atoms with Crippen molar-refractivity contribution in [3.8, 4) is 22.3 Å². The molecule has 0 atom stereocenters. The number of rotatable bonds is 4. The molecule has 5 aromatic rings. The predicted molar refractivity (Wildman–Crippen MR) is 120 cm³/mol. The molecule has 148 valence electrons. The number of fused-ring (bicyclic) bond motifs is 1. The zero-order valence-corrected chi connectivity index (χ0v) is 17.4. The van der Waals surface area contributed by atoms with Crippen LogP contribution in [-0.4, -0.2) is 14.5 Å². The van der Waals surface area contributed by atoms with Crippen molar-refractivity contribution in [3.63, 3.8) is 0 Å². The first-order valence-corrected chi connectivity index (χ1v) is 10.1. The first kappa shape index (κ1) is 18.4. The number of nitrogens with zero attached hydrogens (tertiary/aromatic N) is 3. The van der Waals surface area contributed by atoms with Crippen LogP contribution in [0.3, 0.4) is 0 Å². The molecule has 4 aromatic heterocycles. The topological polar surface area (TPSA) is 43.9 Å². The number of furan rings is 1. The monoisotopic (exact) mass is 393 g/mol. The van der Waals surface area contributed by atoms with Gasteiger partial charge in [0.25, 0.3) is 0 Å². The van der Waals surface area contributed by atoms with E-state index in [0.29, 0.717) is 6.54 Å². The molecule has 0 bridgehead atoms. The van der Waals surface area contributed by atoms with Crippen molar-refractivity contribution in [3.05, 3.63) is 96.0 Å². The second-order valence-corrected chi connectivity index (χ2v) is 7.80. The van der Waals surface area contributed by atoms with Gasteiger partial charge in [-0.2, -0.15) is 0 Å². The lowest BCUT2D eigenvalue weighted by molar-refractivity contribution is 0.534. The van der Waals surface area contributed by atoms with Crippen molar-refractivity contribution in [1.29, 1.82) is 0 Å². The van der Waals surface area contributed by atoms with Gasteiger partial charge in [0.2, 0.25) is 0 Å². The molecule has 4 nitrogen and oxygen atoms in total. The molecule has 0 aliphatic rings. The molecule has 0 fully saturated rings. The van der Waals surface area contributed by atoms with E-state index in [4.69, 9.17) is 9.40 Å². The highest BCUT2D eigenvalue weighted by Crippen LogP contribution is 2.34. The van der Waals surface area contributed by atoms with Gasteiger partial charge in [0.05, 0.1) is 29.5 Å². The molecule has 0 unspecified atom stereocenters. The summed E-state index contributed by atoms with van der Waals surface area (Å²) >= 11 is 0. The Labute approximate surface area is 175 Å². The van der Waals surface area contributed by atoms with Crippen LogP contribution in [0.2, 0.25) is 0 Å². The summed E-state index contributed by atoms with van der Waals surface area (Å²) in [5.41, 5.74) is 9.97. The van der Waals surface area contributed by atoms with Crippen molar-refractivity contribution >= 4 is 11.0 Å². The minimum Gasteiger partial charge on any atom is -0.469 e. The molecule has 0 amide bonds. The third-order valence-corrected chi connectivity index (χ3v) is 5.59. The van der Waals surface area contributed by atoms with Crippen LogP contribution in [0.15, 0.2) is 77.8 Å². The quantitative estimate of drug-likeness (QED) is 0.358. The lowest BCUT2D eigenvalue weighted by Gasteiger charge is -2.07. The average molecular weight is 393 g/mol. The summed E-state index contributed by atoms with van der Waals surface area (Å²) in [6.07, 6.45) is 7.79. The maximum absolute atomic E-state index is 5.63. The third-order valence-electron chi connectivity index (χ3n) is 5.59. The highest BCUT2D eigenvalue weighted by atomic mass is 16.3. The zero-order chi connectivity index (χ0) is 20.7. The highest BCUT2D eigenvalue weighted by Gasteiger charge is 2.16. The Balaban J connectivity index is 1.71. The zero-order valence-electron chi connectivity index (χ0n) is 17.4. The van der Waals surface area contributed by atoms with Crippen molar-refractivity contribution in [2.45, 2.75) is 27.3 Å². The summed E-state index contributed by atoms with van der Waals surface area (Å²) in [5.74, 6) is 0.912. The van der Waals surface area contributed by atoms with Gasteiger partial charge in [0, 0.05) is 35.3 Å². The second kappa shape index (κ2) is 7.30. The summed E-state index contributed by atoms with van der Waals surface area (Å²) in [4.78, 5) is 9.42. The summed E-state index contributed by atoms with van der Waals surface area (Å²) in [6, 6.07) is 16.8. The molecule has 0 saturated heterocycles. The molecule has 1 aromatic carbocycles. The van der Waals surface area contributed by atoms with Gasteiger partial charge in [-0.15, -0.1) is 0 Å². The largest absolute Gasteiger partial charge is 0.469 e. The molecule has 0 radical (unpaired) electrons. The Morgan fingerprint density at radius 2 is 1.77 bits per heavy atom. The van der Waals surface area contributed by atoms with E-state index in [1.54, 1.807) is 6.26 Å². The van der Waals surface area contributed by atoms with Crippen LogP contribution in [0.1, 0.15) is 22.6 Å². The van der Waals surface area contributed by atoms with Crippen LogP contribution < -0.4 is 0 Å². The summed E-state index contributed by atoms with van der Waals surface area (Å²) in [5, 5.41) is 0. The van der Waals surface area contributed by atoms with E-state index >= 15 is 0 Å². The van der Waals surface area contributed by atoms with Crippen LogP contribution in [0.25, 0.3) is 33.3 Å². The Bertz CT molecular complexity index is 1310. The van der Waals surface area contributed by atoms with Crippen molar-refractivity contribution in [2.75, 3.05) is 0 Å². The molecule has 4 heterocycles. The Kier molecular flexibility index (Phi) is 4.47. The van der Waals surface area contributed by atoms with Crippen molar-refractivity contribution < 1.29 is 4.42 Å². The number of pyridine rings is 2. The molecule has 30 heavy (non-hydrogen) atoms. The van der Waals surface area contributed by atoms with Crippen LogP contribution in [0.5, 0.6) is 0 Å². The van der Waals surface area contributed by atoms with E-state index in [2.05, 4.69) is 66.0 Å². The summed E-state index contributed by atoms with van der Waals surface area (Å²) in [7, 11) is 0. The molecule has 0 spiro atoms. The van der Waals surface area contributed by atoms with E-state index < -0.39 is 0 Å². The maximum Gasteiger partial charge on any atom is 0.108 e. The molecule has 0 saturated carbocycles. The Morgan fingerprint density at radius 1 is 0.933 bits per heavy atom. The van der Waals surface area contributed by atoms with Gasteiger partial charge in [0.1, 0.15) is 5.76 Å². The van der Waals surface area contributed by atoms with E-state index in [-0.39, 0.29) is 0 Å². The van der Waals surface area contributed by atoms with Gasteiger partial charge in [-0.05, 0) is 50.1 Å². The van der Waals surface area contributed by atoms with Crippen LogP contribution in [-0.2, 0) is 6.54 Å². The minimum atomic E-state index is 0.692. The highest BCUT2D eigenvalue weighted by molar-refractivity contribution is 5.95. The molecular formula is C26H23N3O. The number of hydrogen-bond donors (Lipinski definition) is 0. The van der Waals surface area contributed by atoms with Crippen molar-refractivity contribution in [1.82, 2.24) is 14.5 Å². The lowest BCUT2D eigenvalue weighted by atomic mass is 10.0. The van der Waals surface area contributed by atoms with Crippen molar-refractivity contribution in [2.24, 2.45) is 0 Å². The first-order chi connectivity index (χ1) is 14.6. The van der Waals surface area contributed by atoms with Gasteiger partial charge < -0.3 is 8.98 Å². The third kappa shape index (κ3) is 3.20. The molecule has 0 aliphatic carbocycles. The molecular weight excluding hydrogens is 370 g/mol. The SMILES string of the molecule is Cc1ccc(-c2cn(Cc3ccccn3)c3cc(-c4c(C)coc4C)cnc23)cc1. The Hall–Kier alpha value is -3.66. The van der Waals surface area contributed by atoms with Crippen LogP contribution >= 0.6 is 0 Å². The molecule has 4 heteroatoms. The molecule has 0 N–H and O–H groups in total. The predicted octanol–water partition coefficient (Wildman–Crippen LogP) is 6.33. The van der Waals surface area contributed by atoms with Crippen LogP contribution in [0, 0.1) is 20.8 Å². The lowest BCUT2D eigenvalue weighted by Crippen LogP contribution is -2.00. The van der Waals surface area contributed by atoms with E-state index in [1.807, 2.05) is 31.5 Å². The van der Waals surface area contributed by atoms with Gasteiger partial charge >= 0.3 is 0 Å². The average Bonchev–Trinajstić information content (AvgIpc) is 3.28. The fourth-order valence-electron chi connectivity index (χ4n) is 4.05. The fourth-order valence-corrected chi connectivity index (χ4v) is 4.05. The Morgan fingerprint density at radius 3 is 2.47 bits per heavy atom. The summed E-state index contributed by atoms with van der Waals surface area (Å²) in [6.45, 7) is 6.86. The number of hydrogen-bond acceptors (Lipinski definition) is 3. The van der Waals surface area contributed by atoms with E-state index in [1.165, 1.54) is 11.1 Å². The van der Waals surface area contributed by atoms with Gasteiger partial charge in [-0.3, -0.25) is 9.97 Å². The van der Waals surface area contributed by atoms with E-state index in [9.17, 15) is 0 Å². The molecule has 5 rings (SSSR count). The van der Waals surface area contributed by atoms with Crippen LogP contribution in [0.4, 0.5) is 0 Å². The number of aryl methyl sites for hydroxylation is 3. The molecule has 0 aliphatic heterocycles. The van der Waals surface area contributed by atoms with Gasteiger partial charge in [0.15, 0.2) is 0 Å². The summed E-state index contributed by atoms with van der Waals surface area (Å²) < 4.78 is 7.87. The first-order valence-electron chi connectivity index (χ1n) is 10.1. The van der Waals surface area contributed by atoms with E-state index in [0.717, 1.165) is 44.7 Å². The fraction of sp³-hybridized carbons (Fsp3) is 0.154. The maximum atomic E-state index is 5.63. The smallest absolute Gasteiger partial charge is 0.108 e. The number of aromatic nitrogens is 3. The normalized spacial score (nSPS) is 11.3. The number of benzene rings is 1. The standard InChI is InChI=1S/C26H23N3O/c1-17-7-9-20(10-8-17)23-15-29(14-22-6-4-5-11-27-22)24-12-21(13-28-26(23)24)25-18(2)16-30-19(25)3/h4-13,15-16H,14H2,1-3H3. The minimum absolute atomic E-state index is 0.692. The van der Waals surface area contributed by atoms with Gasteiger partial charge in [-0.1, -0.05) is 35.9 Å². The van der Waals surface area contributed by atoms with Gasteiger partial charge in [-0.25, -0.2) is 0 Å². The second-order valence-electron chi connectivity index (χ2n) is 7.80.